The highest BCUT2D eigenvalue weighted by molar-refractivity contribution is 5.74. The lowest BCUT2D eigenvalue weighted by Gasteiger charge is -2.15. The summed E-state index contributed by atoms with van der Waals surface area (Å²) in [7, 11) is 0. The summed E-state index contributed by atoms with van der Waals surface area (Å²) in [6, 6.07) is 2.81. The van der Waals surface area contributed by atoms with Crippen molar-refractivity contribution in [2.75, 3.05) is 33.0 Å². The van der Waals surface area contributed by atoms with Crippen LogP contribution in [0.3, 0.4) is 0 Å². The first-order chi connectivity index (χ1) is 11.6. The Hall–Kier alpha value is -1.73. The lowest BCUT2D eigenvalue weighted by Crippen LogP contribution is -2.37. The largest absolute Gasteiger partial charge is 0.381 e. The first-order valence-electron chi connectivity index (χ1n) is 8.21. The maximum absolute atomic E-state index is 13.2. The number of halogens is 2. The fraction of sp³-hybridized carbons (Fsp3) is 0.588. The van der Waals surface area contributed by atoms with Crippen LogP contribution in [0.4, 0.5) is 13.6 Å². The molecule has 24 heavy (non-hydrogen) atoms. The Morgan fingerprint density at radius 3 is 2.96 bits per heavy atom. The normalized spacial score (nSPS) is 18.4. The quantitative estimate of drug-likeness (QED) is 0.714. The summed E-state index contributed by atoms with van der Waals surface area (Å²) in [6.07, 6.45) is 1.75. The van der Waals surface area contributed by atoms with Crippen molar-refractivity contribution in [2.24, 2.45) is 5.92 Å². The van der Waals surface area contributed by atoms with E-state index in [1.165, 1.54) is 6.07 Å². The van der Waals surface area contributed by atoms with Gasteiger partial charge >= 0.3 is 6.03 Å². The summed E-state index contributed by atoms with van der Waals surface area (Å²) < 4.78 is 36.9. The Balaban J connectivity index is 1.57. The molecule has 1 saturated heterocycles. The predicted octanol–water partition coefficient (Wildman–Crippen LogP) is 2.77. The van der Waals surface area contributed by atoms with Crippen LogP contribution in [0.5, 0.6) is 0 Å². The van der Waals surface area contributed by atoms with Gasteiger partial charge < -0.3 is 20.1 Å². The maximum Gasteiger partial charge on any atom is 0.315 e. The van der Waals surface area contributed by atoms with Crippen molar-refractivity contribution in [1.29, 1.82) is 0 Å². The van der Waals surface area contributed by atoms with Crippen molar-refractivity contribution >= 4 is 6.03 Å². The van der Waals surface area contributed by atoms with Crippen LogP contribution >= 0.6 is 0 Å². The number of rotatable bonds is 8. The molecular weight excluding hydrogens is 318 g/mol. The fourth-order valence-corrected chi connectivity index (χ4v) is 2.45. The summed E-state index contributed by atoms with van der Waals surface area (Å²) in [5.41, 5.74) is 0.506. The van der Waals surface area contributed by atoms with Gasteiger partial charge in [0.05, 0.1) is 19.3 Å². The summed E-state index contributed by atoms with van der Waals surface area (Å²) in [4.78, 5) is 11.8. The van der Waals surface area contributed by atoms with Crippen molar-refractivity contribution in [3.05, 3.63) is 35.4 Å². The summed E-state index contributed by atoms with van der Waals surface area (Å²) in [6.45, 7) is 5.04. The van der Waals surface area contributed by atoms with Gasteiger partial charge in [-0.15, -0.1) is 0 Å². The molecule has 2 amide bonds. The number of hydrogen-bond acceptors (Lipinski definition) is 3. The van der Waals surface area contributed by atoms with Crippen LogP contribution in [0.25, 0.3) is 0 Å². The molecule has 0 saturated carbocycles. The molecule has 2 atom stereocenters. The molecule has 0 aromatic heterocycles. The number of nitrogens with one attached hydrogen (secondary N) is 2. The van der Waals surface area contributed by atoms with Crippen LogP contribution in [0.2, 0.25) is 0 Å². The number of amides is 2. The van der Waals surface area contributed by atoms with Crippen molar-refractivity contribution in [1.82, 2.24) is 10.6 Å². The van der Waals surface area contributed by atoms with E-state index in [-0.39, 0.29) is 6.03 Å². The highest BCUT2D eigenvalue weighted by atomic mass is 19.2. The lowest BCUT2D eigenvalue weighted by molar-refractivity contribution is 0.0885. The molecule has 0 unspecified atom stereocenters. The van der Waals surface area contributed by atoms with Crippen LogP contribution in [0, 0.1) is 17.6 Å². The van der Waals surface area contributed by atoms with Gasteiger partial charge in [0.15, 0.2) is 11.6 Å². The summed E-state index contributed by atoms with van der Waals surface area (Å²) in [5.74, 6) is -1.34. The Morgan fingerprint density at radius 1 is 1.42 bits per heavy atom. The molecular formula is C17H24F2N2O3. The van der Waals surface area contributed by atoms with Gasteiger partial charge in [0.25, 0.3) is 0 Å². The summed E-state index contributed by atoms with van der Waals surface area (Å²) >= 11 is 0. The van der Waals surface area contributed by atoms with Crippen LogP contribution < -0.4 is 10.6 Å². The molecule has 134 valence electrons. The first kappa shape index (κ1) is 18.6. The number of carbonyl (C=O) groups is 1. The van der Waals surface area contributed by atoms with Crippen molar-refractivity contribution in [3.8, 4) is 0 Å². The molecule has 0 bridgehead atoms. The molecule has 5 nitrogen and oxygen atoms in total. The molecule has 2 N–H and O–H groups in total. The van der Waals surface area contributed by atoms with Gasteiger partial charge in [0, 0.05) is 25.7 Å². The Kier molecular flexibility index (Phi) is 7.39. The van der Waals surface area contributed by atoms with Crippen LogP contribution in [0.15, 0.2) is 18.2 Å². The molecule has 1 aliphatic heterocycles. The van der Waals surface area contributed by atoms with Gasteiger partial charge in [-0.05, 0) is 37.5 Å². The molecule has 1 aromatic rings. The van der Waals surface area contributed by atoms with E-state index in [2.05, 4.69) is 10.6 Å². The van der Waals surface area contributed by atoms with Gasteiger partial charge in [0.1, 0.15) is 0 Å². The van der Waals surface area contributed by atoms with E-state index in [1.807, 2.05) is 0 Å². The smallest absolute Gasteiger partial charge is 0.315 e. The zero-order valence-corrected chi connectivity index (χ0v) is 13.8. The van der Waals surface area contributed by atoms with Crippen molar-refractivity contribution in [2.45, 2.75) is 25.8 Å². The average Bonchev–Trinajstić information content (AvgIpc) is 3.06. The second-order valence-electron chi connectivity index (χ2n) is 5.95. The average molecular weight is 342 g/mol. The Bertz CT molecular complexity index is 537. The zero-order valence-electron chi connectivity index (χ0n) is 13.8. The molecule has 0 aliphatic carbocycles. The maximum atomic E-state index is 13.2. The highest BCUT2D eigenvalue weighted by Gasteiger charge is 2.15. The van der Waals surface area contributed by atoms with Crippen LogP contribution in [-0.4, -0.2) is 39.0 Å². The molecule has 1 aliphatic rings. The minimum atomic E-state index is -0.925. The lowest BCUT2D eigenvalue weighted by atomic mass is 10.1. The van der Waals surface area contributed by atoms with Gasteiger partial charge in [-0.25, -0.2) is 13.6 Å². The van der Waals surface area contributed by atoms with Gasteiger partial charge in [0.2, 0.25) is 0 Å². The number of ether oxygens (including phenoxy) is 2. The second-order valence-corrected chi connectivity index (χ2v) is 5.95. The molecule has 7 heteroatoms. The standard InChI is InChI=1S/C17H24F2N2O3/c1-12(14-3-4-15(18)16(19)9-14)21-17(22)20-6-2-7-23-10-13-5-8-24-11-13/h3-4,9,12-13H,2,5-8,10-11H2,1H3,(H2,20,21,22)/t12-,13-/m0/s1. The van der Waals surface area contributed by atoms with Crippen molar-refractivity contribution < 1.29 is 23.0 Å². The van der Waals surface area contributed by atoms with E-state index < -0.39 is 17.7 Å². The Morgan fingerprint density at radius 2 is 2.25 bits per heavy atom. The monoisotopic (exact) mass is 342 g/mol. The zero-order chi connectivity index (χ0) is 17.4. The van der Waals surface area contributed by atoms with E-state index in [0.717, 1.165) is 31.8 Å². The minimum Gasteiger partial charge on any atom is -0.381 e. The molecule has 1 aromatic carbocycles. The minimum absolute atomic E-state index is 0.351. The third kappa shape index (κ3) is 6.05. The van der Waals surface area contributed by atoms with Gasteiger partial charge in [-0.2, -0.15) is 0 Å². The van der Waals surface area contributed by atoms with Gasteiger partial charge in [-0.1, -0.05) is 6.07 Å². The first-order valence-corrected chi connectivity index (χ1v) is 8.21. The van der Waals surface area contributed by atoms with E-state index in [0.29, 0.717) is 37.7 Å². The second kappa shape index (κ2) is 9.54. The van der Waals surface area contributed by atoms with E-state index in [4.69, 9.17) is 9.47 Å². The van der Waals surface area contributed by atoms with Gasteiger partial charge in [-0.3, -0.25) is 0 Å². The van der Waals surface area contributed by atoms with E-state index >= 15 is 0 Å². The summed E-state index contributed by atoms with van der Waals surface area (Å²) in [5, 5.41) is 5.40. The molecule has 1 fully saturated rings. The van der Waals surface area contributed by atoms with E-state index in [1.54, 1.807) is 6.92 Å². The highest BCUT2D eigenvalue weighted by Crippen LogP contribution is 2.15. The number of benzene rings is 1. The molecule has 1 heterocycles. The Labute approximate surface area is 140 Å². The fourth-order valence-electron chi connectivity index (χ4n) is 2.45. The van der Waals surface area contributed by atoms with E-state index in [9.17, 15) is 13.6 Å². The third-order valence-corrected chi connectivity index (χ3v) is 3.92. The number of carbonyl (C=O) groups excluding carboxylic acids is 1. The van der Waals surface area contributed by atoms with Crippen LogP contribution in [0.1, 0.15) is 31.4 Å². The van der Waals surface area contributed by atoms with Crippen LogP contribution in [-0.2, 0) is 9.47 Å². The predicted molar refractivity (Wildman–Crippen MR) is 85.7 cm³/mol. The number of urea groups is 1. The van der Waals surface area contributed by atoms with Crippen molar-refractivity contribution in [3.63, 3.8) is 0 Å². The molecule has 0 radical (unpaired) electrons. The molecule has 0 spiro atoms. The number of hydrogen-bond donors (Lipinski definition) is 2. The molecule has 2 rings (SSSR count). The SMILES string of the molecule is C[C@H](NC(=O)NCCCOC[C@@H]1CCOC1)c1ccc(F)c(F)c1. The third-order valence-electron chi connectivity index (χ3n) is 3.92. The topological polar surface area (TPSA) is 59.6 Å².